The van der Waals surface area contributed by atoms with E-state index in [0.717, 1.165) is 4.47 Å². The highest BCUT2D eigenvalue weighted by Crippen LogP contribution is 2.33. The molecule has 0 saturated carbocycles. The predicted octanol–water partition coefficient (Wildman–Crippen LogP) is 4.26. The van der Waals surface area contributed by atoms with Gasteiger partial charge in [-0.25, -0.2) is 4.79 Å². The van der Waals surface area contributed by atoms with Gasteiger partial charge in [0.25, 0.3) is 0 Å². The summed E-state index contributed by atoms with van der Waals surface area (Å²) >= 11 is 9.38. The van der Waals surface area contributed by atoms with Crippen LogP contribution in [-0.2, 0) is 4.74 Å². The number of nitrogen functional groups attached to an aromatic ring is 1. The molecule has 2 aromatic rings. The summed E-state index contributed by atoms with van der Waals surface area (Å²) in [6.07, 6.45) is 0. The maximum Gasteiger partial charge on any atom is 0.340 e. The first-order chi connectivity index (χ1) is 9.51. The topological polar surface area (TPSA) is 61.5 Å². The van der Waals surface area contributed by atoms with E-state index in [1.807, 2.05) is 0 Å². The number of ether oxygens (including phenoxy) is 2. The van der Waals surface area contributed by atoms with Gasteiger partial charge < -0.3 is 15.2 Å². The summed E-state index contributed by atoms with van der Waals surface area (Å²) in [5.74, 6) is 0.398. The number of anilines is 1. The lowest BCUT2D eigenvalue weighted by atomic mass is 10.1. The number of halogens is 2. The fraction of sp³-hybridized carbons (Fsp3) is 0.0714. The van der Waals surface area contributed by atoms with Gasteiger partial charge in [-0.3, -0.25) is 0 Å². The highest BCUT2D eigenvalue weighted by molar-refractivity contribution is 9.10. The van der Waals surface area contributed by atoms with Gasteiger partial charge in [-0.15, -0.1) is 0 Å². The van der Waals surface area contributed by atoms with Crippen LogP contribution in [0, 0.1) is 0 Å². The van der Waals surface area contributed by atoms with Gasteiger partial charge in [-0.05, 0) is 36.4 Å². The zero-order valence-electron chi connectivity index (χ0n) is 10.5. The minimum absolute atomic E-state index is 0.246. The molecule has 0 aliphatic heterocycles. The standard InChI is InChI=1S/C14H11BrClNO3/c1-19-14(18)10-7-9(3-5-12(10)17)20-13-6-8(15)2-4-11(13)16/h2-7H,17H2,1H3. The van der Waals surface area contributed by atoms with Crippen LogP contribution in [0.1, 0.15) is 10.4 Å². The van der Waals surface area contributed by atoms with E-state index >= 15 is 0 Å². The molecule has 0 saturated heterocycles. The third kappa shape index (κ3) is 3.23. The Morgan fingerprint density at radius 3 is 2.70 bits per heavy atom. The van der Waals surface area contributed by atoms with E-state index in [9.17, 15) is 4.79 Å². The molecule has 0 unspecified atom stereocenters. The molecule has 0 aliphatic carbocycles. The van der Waals surface area contributed by atoms with Crippen LogP contribution in [0.2, 0.25) is 5.02 Å². The first kappa shape index (κ1) is 14.7. The van der Waals surface area contributed by atoms with Crippen LogP contribution in [0.25, 0.3) is 0 Å². The second-order valence-electron chi connectivity index (χ2n) is 3.92. The number of carbonyl (C=O) groups is 1. The van der Waals surface area contributed by atoms with Gasteiger partial charge in [0.05, 0.1) is 17.7 Å². The van der Waals surface area contributed by atoms with Crippen molar-refractivity contribution in [1.82, 2.24) is 0 Å². The van der Waals surface area contributed by atoms with Gasteiger partial charge in [0.1, 0.15) is 11.5 Å². The first-order valence-electron chi connectivity index (χ1n) is 5.62. The summed E-state index contributed by atoms with van der Waals surface area (Å²) in [5, 5.41) is 0.463. The number of carbonyl (C=O) groups excluding carboxylic acids is 1. The largest absolute Gasteiger partial charge is 0.465 e. The average Bonchev–Trinajstić information content (AvgIpc) is 2.44. The van der Waals surface area contributed by atoms with Gasteiger partial charge in [-0.2, -0.15) is 0 Å². The quantitative estimate of drug-likeness (QED) is 0.659. The highest BCUT2D eigenvalue weighted by Gasteiger charge is 2.12. The zero-order chi connectivity index (χ0) is 14.7. The van der Waals surface area contributed by atoms with Crippen LogP contribution >= 0.6 is 27.5 Å². The molecule has 2 rings (SSSR count). The van der Waals surface area contributed by atoms with E-state index in [4.69, 9.17) is 22.1 Å². The van der Waals surface area contributed by atoms with Gasteiger partial charge >= 0.3 is 5.97 Å². The molecule has 0 bridgehead atoms. The second kappa shape index (κ2) is 6.15. The van der Waals surface area contributed by atoms with Gasteiger partial charge in [0.2, 0.25) is 0 Å². The molecule has 2 N–H and O–H groups in total. The molecule has 0 fully saturated rings. The third-order valence-electron chi connectivity index (χ3n) is 2.55. The molecule has 0 atom stereocenters. The predicted molar refractivity (Wildman–Crippen MR) is 81.4 cm³/mol. The number of hydrogen-bond acceptors (Lipinski definition) is 4. The van der Waals surface area contributed by atoms with E-state index in [0.29, 0.717) is 22.2 Å². The molecular weight excluding hydrogens is 346 g/mol. The van der Waals surface area contributed by atoms with Crippen molar-refractivity contribution in [2.75, 3.05) is 12.8 Å². The van der Waals surface area contributed by atoms with Crippen LogP contribution in [-0.4, -0.2) is 13.1 Å². The van der Waals surface area contributed by atoms with Gasteiger partial charge in [-0.1, -0.05) is 27.5 Å². The average molecular weight is 357 g/mol. The minimum Gasteiger partial charge on any atom is -0.465 e. The molecule has 0 spiro atoms. The lowest BCUT2D eigenvalue weighted by Crippen LogP contribution is -2.05. The Labute approximate surface area is 129 Å². The Morgan fingerprint density at radius 2 is 2.00 bits per heavy atom. The highest BCUT2D eigenvalue weighted by atomic mass is 79.9. The second-order valence-corrected chi connectivity index (χ2v) is 5.24. The van der Waals surface area contributed by atoms with E-state index in [-0.39, 0.29) is 5.56 Å². The van der Waals surface area contributed by atoms with E-state index in [2.05, 4.69) is 20.7 Å². The van der Waals surface area contributed by atoms with Gasteiger partial charge in [0, 0.05) is 10.2 Å². The van der Waals surface area contributed by atoms with Crippen LogP contribution in [0.15, 0.2) is 40.9 Å². The Kier molecular flexibility index (Phi) is 4.52. The lowest BCUT2D eigenvalue weighted by molar-refractivity contribution is 0.0601. The Balaban J connectivity index is 2.34. The Morgan fingerprint density at radius 1 is 1.25 bits per heavy atom. The zero-order valence-corrected chi connectivity index (χ0v) is 12.9. The molecule has 0 aromatic heterocycles. The Bertz CT molecular complexity index is 661. The molecule has 0 radical (unpaired) electrons. The summed E-state index contributed by atoms with van der Waals surface area (Å²) in [7, 11) is 1.29. The number of benzene rings is 2. The minimum atomic E-state index is -0.520. The van der Waals surface area contributed by atoms with Crippen molar-refractivity contribution in [3.8, 4) is 11.5 Å². The van der Waals surface area contributed by atoms with Crippen LogP contribution < -0.4 is 10.5 Å². The van der Waals surface area contributed by atoms with Crippen LogP contribution in [0.3, 0.4) is 0 Å². The molecule has 20 heavy (non-hydrogen) atoms. The number of methoxy groups -OCH3 is 1. The van der Waals surface area contributed by atoms with Crippen LogP contribution in [0.4, 0.5) is 5.69 Å². The summed E-state index contributed by atoms with van der Waals surface area (Å²) < 4.78 is 11.1. The van der Waals surface area contributed by atoms with Crippen molar-refractivity contribution >= 4 is 39.2 Å². The van der Waals surface area contributed by atoms with Crippen molar-refractivity contribution in [1.29, 1.82) is 0 Å². The molecule has 0 aliphatic rings. The normalized spacial score (nSPS) is 10.2. The SMILES string of the molecule is COC(=O)c1cc(Oc2cc(Br)ccc2Cl)ccc1N. The summed E-state index contributed by atoms with van der Waals surface area (Å²) in [6, 6.07) is 9.99. The molecule has 2 aromatic carbocycles. The van der Waals surface area contributed by atoms with E-state index in [1.165, 1.54) is 13.2 Å². The van der Waals surface area contributed by atoms with E-state index in [1.54, 1.807) is 30.3 Å². The molecular formula is C14H11BrClNO3. The van der Waals surface area contributed by atoms with Crippen LogP contribution in [0.5, 0.6) is 11.5 Å². The first-order valence-corrected chi connectivity index (χ1v) is 6.79. The van der Waals surface area contributed by atoms with Crippen molar-refractivity contribution in [2.45, 2.75) is 0 Å². The molecule has 0 heterocycles. The van der Waals surface area contributed by atoms with Gasteiger partial charge in [0.15, 0.2) is 0 Å². The Hall–Kier alpha value is -1.72. The molecule has 104 valence electrons. The van der Waals surface area contributed by atoms with Crippen molar-refractivity contribution in [3.63, 3.8) is 0 Å². The summed E-state index contributed by atoms with van der Waals surface area (Å²) in [5.41, 5.74) is 6.29. The number of rotatable bonds is 3. The molecule has 6 heteroatoms. The smallest absolute Gasteiger partial charge is 0.340 e. The maximum atomic E-state index is 11.6. The fourth-order valence-corrected chi connectivity index (χ4v) is 2.06. The molecule has 0 amide bonds. The third-order valence-corrected chi connectivity index (χ3v) is 3.36. The maximum absolute atomic E-state index is 11.6. The van der Waals surface area contributed by atoms with Crippen molar-refractivity contribution in [2.24, 2.45) is 0 Å². The number of nitrogens with two attached hydrogens (primary N) is 1. The lowest BCUT2D eigenvalue weighted by Gasteiger charge is -2.10. The van der Waals surface area contributed by atoms with Crippen molar-refractivity contribution in [3.05, 3.63) is 51.5 Å². The summed E-state index contributed by atoms with van der Waals surface area (Å²) in [6.45, 7) is 0. The summed E-state index contributed by atoms with van der Waals surface area (Å²) in [4.78, 5) is 11.6. The van der Waals surface area contributed by atoms with Crippen molar-refractivity contribution < 1.29 is 14.3 Å². The number of esters is 1. The fourth-order valence-electron chi connectivity index (χ4n) is 1.57. The van der Waals surface area contributed by atoms with E-state index < -0.39 is 5.97 Å². The molecule has 4 nitrogen and oxygen atoms in total. The number of hydrogen-bond donors (Lipinski definition) is 1. The monoisotopic (exact) mass is 355 g/mol.